The van der Waals surface area contributed by atoms with E-state index in [4.69, 9.17) is 0 Å². The minimum Gasteiger partial charge on any atom is -0.423 e. The molecule has 2 unspecified atom stereocenters. The topological polar surface area (TPSA) is 43.7 Å². The highest BCUT2D eigenvalue weighted by atomic mass is 16.4. The number of anilines is 2. The molecule has 2 atom stereocenters. The summed E-state index contributed by atoms with van der Waals surface area (Å²) in [4.78, 5) is 2.43. The third kappa shape index (κ3) is 1.84. The minimum absolute atomic E-state index is 0.0569. The summed E-state index contributed by atoms with van der Waals surface area (Å²) >= 11 is 0. The third-order valence-corrected chi connectivity index (χ3v) is 6.00. The van der Waals surface area contributed by atoms with E-state index in [2.05, 4.69) is 67.3 Å². The molecule has 2 N–H and O–H groups in total. The van der Waals surface area contributed by atoms with Crippen LogP contribution in [-0.2, 0) is 5.41 Å². The van der Waals surface area contributed by atoms with E-state index in [1.807, 2.05) is 12.2 Å². The molecule has 0 amide bonds. The number of benzene rings is 2. The van der Waals surface area contributed by atoms with E-state index >= 15 is 0 Å². The van der Waals surface area contributed by atoms with Crippen molar-refractivity contribution in [2.75, 3.05) is 4.90 Å². The van der Waals surface area contributed by atoms with E-state index in [9.17, 15) is 10.0 Å². The molecule has 2 aromatic rings. The van der Waals surface area contributed by atoms with Crippen LogP contribution in [0.25, 0.3) is 0 Å². The molecule has 2 heterocycles. The Morgan fingerprint density at radius 3 is 2.56 bits per heavy atom. The second kappa shape index (κ2) is 4.87. The van der Waals surface area contributed by atoms with Crippen molar-refractivity contribution in [3.63, 3.8) is 0 Å². The Kier molecular flexibility index (Phi) is 2.92. The molecule has 5 rings (SSSR count). The van der Waals surface area contributed by atoms with Crippen molar-refractivity contribution in [2.45, 2.75) is 31.2 Å². The van der Waals surface area contributed by atoms with Crippen molar-refractivity contribution < 1.29 is 10.0 Å². The van der Waals surface area contributed by atoms with Crippen LogP contribution in [0.1, 0.15) is 36.5 Å². The van der Waals surface area contributed by atoms with Gasteiger partial charge in [-0.1, -0.05) is 68.5 Å². The second-order valence-corrected chi connectivity index (χ2v) is 7.67. The minimum atomic E-state index is -1.42. The first kappa shape index (κ1) is 15.0. The van der Waals surface area contributed by atoms with Crippen molar-refractivity contribution in [3.8, 4) is 0 Å². The van der Waals surface area contributed by atoms with Gasteiger partial charge in [0, 0.05) is 22.7 Å². The maximum absolute atomic E-state index is 9.60. The van der Waals surface area contributed by atoms with Crippen LogP contribution in [0.2, 0.25) is 0 Å². The van der Waals surface area contributed by atoms with E-state index in [-0.39, 0.29) is 17.4 Å². The van der Waals surface area contributed by atoms with Gasteiger partial charge >= 0.3 is 7.12 Å². The molecule has 0 fully saturated rings. The van der Waals surface area contributed by atoms with Crippen LogP contribution in [0, 0.1) is 0 Å². The monoisotopic (exact) mass is 329 g/mol. The summed E-state index contributed by atoms with van der Waals surface area (Å²) in [5, 5.41) is 19.2. The summed E-state index contributed by atoms with van der Waals surface area (Å²) in [6.45, 7) is 4.57. The SMILES string of the molecule is CC1(C)c2ccccc2N2c3c(cccc31)C1C=C(B(O)O)C=CC12. The molecule has 0 radical (unpaired) electrons. The Balaban J connectivity index is 1.80. The molecule has 0 saturated heterocycles. The highest BCUT2D eigenvalue weighted by molar-refractivity contribution is 6.51. The van der Waals surface area contributed by atoms with Crippen LogP contribution in [0.3, 0.4) is 0 Å². The van der Waals surface area contributed by atoms with Crippen LogP contribution in [-0.4, -0.2) is 23.2 Å². The quantitative estimate of drug-likeness (QED) is 0.788. The zero-order valence-corrected chi connectivity index (χ0v) is 14.3. The summed E-state index contributed by atoms with van der Waals surface area (Å²) in [6, 6.07) is 15.4. The van der Waals surface area contributed by atoms with Gasteiger partial charge < -0.3 is 14.9 Å². The first-order chi connectivity index (χ1) is 12.0. The van der Waals surface area contributed by atoms with Crippen LogP contribution >= 0.6 is 0 Å². The molecule has 1 aliphatic carbocycles. The number of para-hydroxylation sites is 2. The van der Waals surface area contributed by atoms with Gasteiger partial charge in [0.25, 0.3) is 0 Å². The highest BCUT2D eigenvalue weighted by Crippen LogP contribution is 2.58. The normalized spacial score (nSPS) is 24.3. The van der Waals surface area contributed by atoms with E-state index < -0.39 is 7.12 Å². The van der Waals surface area contributed by atoms with E-state index in [1.54, 1.807) is 0 Å². The smallest absolute Gasteiger partial charge is 0.423 e. The lowest BCUT2D eigenvalue weighted by molar-refractivity contribution is 0.420. The van der Waals surface area contributed by atoms with Crippen molar-refractivity contribution in [3.05, 3.63) is 82.9 Å². The molecule has 124 valence electrons. The molecule has 25 heavy (non-hydrogen) atoms. The maximum atomic E-state index is 9.60. The molecule has 2 aliphatic heterocycles. The summed E-state index contributed by atoms with van der Waals surface area (Å²) in [5.74, 6) is 0.138. The number of rotatable bonds is 1. The van der Waals surface area contributed by atoms with E-state index in [1.165, 1.54) is 28.1 Å². The standard InChI is InChI=1S/C21H20BNO2/c1-21(2)16-7-3-4-9-19(16)23-18-11-10-13(22(24)25)12-15(18)14-6-5-8-17(21)20(14)23/h3-12,15,18,24-25H,1-2H3. The summed E-state index contributed by atoms with van der Waals surface area (Å²) < 4.78 is 0. The zero-order valence-electron chi connectivity index (χ0n) is 14.3. The molecule has 3 aliphatic rings. The highest BCUT2D eigenvalue weighted by Gasteiger charge is 2.47. The molecule has 0 saturated carbocycles. The maximum Gasteiger partial charge on any atom is 0.488 e. The molecular weight excluding hydrogens is 309 g/mol. The van der Waals surface area contributed by atoms with Crippen LogP contribution in [0.4, 0.5) is 11.4 Å². The van der Waals surface area contributed by atoms with Gasteiger partial charge in [-0.2, -0.15) is 0 Å². The fourth-order valence-electron chi connectivity index (χ4n) is 4.77. The molecule has 0 bridgehead atoms. The van der Waals surface area contributed by atoms with Gasteiger partial charge in [-0.25, -0.2) is 0 Å². The Labute approximate surface area is 148 Å². The van der Waals surface area contributed by atoms with E-state index in [0.717, 1.165) is 0 Å². The van der Waals surface area contributed by atoms with Gasteiger partial charge in [-0.3, -0.25) is 0 Å². The summed E-state index contributed by atoms with van der Waals surface area (Å²) in [6.07, 6.45) is 5.97. The number of hydrogen-bond donors (Lipinski definition) is 2. The Morgan fingerprint density at radius 2 is 1.76 bits per heavy atom. The predicted octanol–water partition coefficient (Wildman–Crippen LogP) is 3.44. The summed E-state index contributed by atoms with van der Waals surface area (Å²) in [7, 11) is -1.42. The lowest BCUT2D eigenvalue weighted by Gasteiger charge is -2.42. The molecular formula is C21H20BNO2. The predicted molar refractivity (Wildman–Crippen MR) is 101 cm³/mol. The molecule has 4 heteroatoms. The van der Waals surface area contributed by atoms with Crippen molar-refractivity contribution in [2.24, 2.45) is 0 Å². The fraction of sp³-hybridized carbons (Fsp3) is 0.238. The third-order valence-electron chi connectivity index (χ3n) is 6.00. The van der Waals surface area contributed by atoms with Crippen LogP contribution in [0.15, 0.2) is 66.2 Å². The van der Waals surface area contributed by atoms with E-state index in [0.29, 0.717) is 5.47 Å². The molecule has 0 aromatic heterocycles. The average Bonchev–Trinajstić information content (AvgIpc) is 2.94. The lowest BCUT2D eigenvalue weighted by atomic mass is 9.72. The number of fused-ring (bicyclic) bond motifs is 5. The first-order valence-corrected chi connectivity index (χ1v) is 8.78. The van der Waals surface area contributed by atoms with Gasteiger partial charge in [0.05, 0.1) is 6.04 Å². The van der Waals surface area contributed by atoms with Crippen molar-refractivity contribution in [1.29, 1.82) is 0 Å². The van der Waals surface area contributed by atoms with Gasteiger partial charge in [-0.05, 0) is 28.2 Å². The lowest BCUT2D eigenvalue weighted by Crippen LogP contribution is -2.36. The van der Waals surface area contributed by atoms with Gasteiger partial charge in [0.1, 0.15) is 0 Å². The number of hydrogen-bond acceptors (Lipinski definition) is 3. The summed E-state index contributed by atoms with van der Waals surface area (Å²) in [5.41, 5.74) is 7.01. The average molecular weight is 329 g/mol. The first-order valence-electron chi connectivity index (χ1n) is 8.78. The fourth-order valence-corrected chi connectivity index (χ4v) is 4.77. The number of nitrogens with zero attached hydrogens (tertiary/aromatic N) is 1. The van der Waals surface area contributed by atoms with Crippen molar-refractivity contribution in [1.82, 2.24) is 0 Å². The molecule has 3 nitrogen and oxygen atoms in total. The van der Waals surface area contributed by atoms with Gasteiger partial charge in [-0.15, -0.1) is 0 Å². The zero-order chi connectivity index (χ0) is 17.3. The molecule has 0 spiro atoms. The van der Waals surface area contributed by atoms with Gasteiger partial charge in [0.15, 0.2) is 0 Å². The Bertz CT molecular complexity index is 945. The number of allylic oxidation sites excluding steroid dienone is 2. The Morgan fingerprint density at radius 1 is 1.00 bits per heavy atom. The second-order valence-electron chi connectivity index (χ2n) is 7.67. The van der Waals surface area contributed by atoms with Crippen molar-refractivity contribution >= 4 is 18.5 Å². The van der Waals surface area contributed by atoms with Crippen LogP contribution in [0.5, 0.6) is 0 Å². The largest absolute Gasteiger partial charge is 0.488 e. The van der Waals surface area contributed by atoms with Gasteiger partial charge in [0.2, 0.25) is 0 Å². The molecule has 2 aromatic carbocycles. The Hall–Kier alpha value is -2.30. The van der Waals surface area contributed by atoms with Crippen LogP contribution < -0.4 is 4.90 Å².